The lowest BCUT2D eigenvalue weighted by atomic mass is 9.98. The Labute approximate surface area is 191 Å². The molecule has 2 aliphatic rings. The fourth-order valence-electron chi connectivity index (χ4n) is 4.20. The van der Waals surface area contributed by atoms with Crippen LogP contribution in [0.1, 0.15) is 37.8 Å². The van der Waals surface area contributed by atoms with Gasteiger partial charge in [-0.25, -0.2) is 4.79 Å². The van der Waals surface area contributed by atoms with Crippen molar-refractivity contribution in [3.63, 3.8) is 0 Å². The first-order valence-corrected chi connectivity index (χ1v) is 14.1. The van der Waals surface area contributed by atoms with Crippen molar-refractivity contribution in [2.75, 3.05) is 6.61 Å². The summed E-state index contributed by atoms with van der Waals surface area (Å²) in [6.07, 6.45) is 1.86. The Kier molecular flexibility index (Phi) is 6.05. The monoisotopic (exact) mass is 451 g/mol. The van der Waals surface area contributed by atoms with Gasteiger partial charge in [-0.1, -0.05) is 81.5 Å². The number of benzene rings is 2. The SMILES string of the molecule is CC(C)(C)[Si](C)(C)O[C@H]1C=C[C@H](NC(=O)OCC2c3ccccc3-c3ccccc32)[C@H]1O. The van der Waals surface area contributed by atoms with Crippen LogP contribution in [-0.4, -0.2) is 44.4 Å². The summed E-state index contributed by atoms with van der Waals surface area (Å²) in [4.78, 5) is 12.6. The molecule has 0 saturated heterocycles. The van der Waals surface area contributed by atoms with Crippen molar-refractivity contribution in [3.05, 3.63) is 71.8 Å². The van der Waals surface area contributed by atoms with E-state index in [4.69, 9.17) is 9.16 Å². The van der Waals surface area contributed by atoms with Crippen LogP contribution in [0.5, 0.6) is 0 Å². The van der Waals surface area contributed by atoms with Crippen LogP contribution in [0.2, 0.25) is 18.1 Å². The normalized spacial score (nSPS) is 22.5. The molecule has 1 amide bonds. The van der Waals surface area contributed by atoms with Gasteiger partial charge >= 0.3 is 6.09 Å². The molecule has 0 unspecified atom stereocenters. The van der Waals surface area contributed by atoms with Gasteiger partial charge in [0.05, 0.1) is 12.1 Å². The van der Waals surface area contributed by atoms with E-state index in [-0.39, 0.29) is 17.6 Å². The minimum Gasteiger partial charge on any atom is -0.449 e. The third-order valence-electron chi connectivity index (χ3n) is 7.08. The average molecular weight is 452 g/mol. The van der Waals surface area contributed by atoms with Gasteiger partial charge in [0.1, 0.15) is 12.7 Å². The molecule has 170 valence electrons. The predicted octanol–water partition coefficient (Wildman–Crippen LogP) is 5.21. The van der Waals surface area contributed by atoms with Crippen LogP contribution >= 0.6 is 0 Å². The van der Waals surface area contributed by atoms with Gasteiger partial charge in [0.2, 0.25) is 0 Å². The molecule has 0 spiro atoms. The largest absolute Gasteiger partial charge is 0.449 e. The van der Waals surface area contributed by atoms with Crippen LogP contribution in [0.4, 0.5) is 4.79 Å². The van der Waals surface area contributed by atoms with Gasteiger partial charge in [-0.15, -0.1) is 0 Å². The molecule has 2 aliphatic carbocycles. The first-order valence-electron chi connectivity index (χ1n) is 11.2. The lowest BCUT2D eigenvalue weighted by Crippen LogP contribution is -2.50. The van der Waals surface area contributed by atoms with Gasteiger partial charge in [0.25, 0.3) is 0 Å². The number of nitrogens with one attached hydrogen (secondary N) is 1. The number of amides is 1. The Morgan fingerprint density at radius 2 is 1.56 bits per heavy atom. The van der Waals surface area contributed by atoms with E-state index in [9.17, 15) is 9.90 Å². The van der Waals surface area contributed by atoms with E-state index < -0.39 is 32.7 Å². The first-order chi connectivity index (χ1) is 15.1. The molecule has 0 aliphatic heterocycles. The summed E-state index contributed by atoms with van der Waals surface area (Å²) >= 11 is 0. The van der Waals surface area contributed by atoms with Crippen molar-refractivity contribution >= 4 is 14.4 Å². The number of carbonyl (C=O) groups is 1. The Balaban J connectivity index is 1.36. The number of alkyl carbamates (subject to hydrolysis) is 1. The maximum absolute atomic E-state index is 12.6. The third kappa shape index (κ3) is 4.27. The number of hydrogen-bond donors (Lipinski definition) is 2. The smallest absolute Gasteiger partial charge is 0.407 e. The van der Waals surface area contributed by atoms with E-state index in [1.54, 1.807) is 6.08 Å². The Morgan fingerprint density at radius 1 is 1.00 bits per heavy atom. The molecule has 0 radical (unpaired) electrons. The second kappa shape index (κ2) is 8.50. The molecule has 0 fully saturated rings. The molecule has 0 bridgehead atoms. The molecule has 2 N–H and O–H groups in total. The minimum atomic E-state index is -2.04. The van der Waals surface area contributed by atoms with Crippen molar-refractivity contribution in [2.45, 2.75) is 63.1 Å². The molecule has 2 aromatic rings. The van der Waals surface area contributed by atoms with Gasteiger partial charge in [0.15, 0.2) is 8.32 Å². The van der Waals surface area contributed by atoms with Gasteiger partial charge in [-0.05, 0) is 40.4 Å². The van der Waals surface area contributed by atoms with Crippen LogP contribution in [0, 0.1) is 0 Å². The fourth-order valence-corrected chi connectivity index (χ4v) is 5.45. The standard InChI is InChI=1S/C26H33NO4Si/c1-26(2,3)32(4,5)31-23-15-14-22(24(23)28)27-25(29)30-16-21-19-12-8-6-10-17(19)18-11-7-9-13-20(18)21/h6-15,21-24,28H,16H2,1-5H3,(H,27,29)/t22-,23-,24+/m0/s1. The Hall–Kier alpha value is -2.41. The molecule has 4 rings (SSSR count). The van der Waals surface area contributed by atoms with Crippen molar-refractivity contribution in [2.24, 2.45) is 0 Å². The minimum absolute atomic E-state index is 0.00635. The van der Waals surface area contributed by atoms with E-state index in [1.807, 2.05) is 30.3 Å². The van der Waals surface area contributed by atoms with Crippen molar-refractivity contribution < 1.29 is 19.1 Å². The molecule has 6 heteroatoms. The second-order valence-electron chi connectivity index (χ2n) is 10.2. The lowest BCUT2D eigenvalue weighted by molar-refractivity contribution is 0.0482. The highest BCUT2D eigenvalue weighted by Gasteiger charge is 2.42. The Morgan fingerprint density at radius 3 is 2.12 bits per heavy atom. The van der Waals surface area contributed by atoms with Gasteiger partial charge in [-0.2, -0.15) is 0 Å². The molecule has 0 aromatic heterocycles. The molecule has 32 heavy (non-hydrogen) atoms. The van der Waals surface area contributed by atoms with E-state index in [2.05, 4.69) is 63.4 Å². The Bertz CT molecular complexity index is 981. The number of hydrogen-bond acceptors (Lipinski definition) is 4. The highest BCUT2D eigenvalue weighted by Crippen LogP contribution is 2.44. The van der Waals surface area contributed by atoms with Crippen LogP contribution in [-0.2, 0) is 9.16 Å². The highest BCUT2D eigenvalue weighted by atomic mass is 28.4. The maximum Gasteiger partial charge on any atom is 0.407 e. The number of carbonyl (C=O) groups excluding carboxylic acids is 1. The molecular formula is C26H33NO4Si. The van der Waals surface area contributed by atoms with E-state index in [0.29, 0.717) is 0 Å². The summed E-state index contributed by atoms with van der Waals surface area (Å²) < 4.78 is 11.9. The lowest BCUT2D eigenvalue weighted by Gasteiger charge is -2.39. The number of aliphatic hydroxyl groups is 1. The van der Waals surface area contributed by atoms with E-state index in [1.165, 1.54) is 22.3 Å². The molecule has 0 heterocycles. The van der Waals surface area contributed by atoms with E-state index >= 15 is 0 Å². The average Bonchev–Trinajstić information content (AvgIpc) is 3.24. The quantitative estimate of drug-likeness (QED) is 0.483. The van der Waals surface area contributed by atoms with E-state index in [0.717, 1.165) is 0 Å². The number of ether oxygens (including phenoxy) is 1. The van der Waals surface area contributed by atoms with Crippen LogP contribution in [0.25, 0.3) is 11.1 Å². The first kappa shape index (κ1) is 22.8. The molecular weight excluding hydrogens is 418 g/mol. The van der Waals surface area contributed by atoms with Gasteiger partial charge in [0, 0.05) is 5.92 Å². The molecule has 0 saturated carbocycles. The maximum atomic E-state index is 12.6. The van der Waals surface area contributed by atoms with Crippen molar-refractivity contribution in [3.8, 4) is 11.1 Å². The summed E-state index contributed by atoms with van der Waals surface area (Å²) in [5, 5.41) is 13.6. The summed E-state index contributed by atoms with van der Waals surface area (Å²) in [5.74, 6) is 0.00635. The zero-order valence-corrected chi connectivity index (χ0v) is 20.5. The highest BCUT2D eigenvalue weighted by molar-refractivity contribution is 6.74. The third-order valence-corrected chi connectivity index (χ3v) is 11.6. The zero-order chi connectivity index (χ0) is 23.1. The van der Waals surface area contributed by atoms with Crippen LogP contribution < -0.4 is 5.32 Å². The van der Waals surface area contributed by atoms with Crippen LogP contribution in [0.3, 0.4) is 0 Å². The van der Waals surface area contributed by atoms with Crippen LogP contribution in [0.15, 0.2) is 60.7 Å². The predicted molar refractivity (Wildman–Crippen MR) is 129 cm³/mol. The molecule has 3 atom stereocenters. The van der Waals surface area contributed by atoms with Crippen molar-refractivity contribution in [1.29, 1.82) is 0 Å². The topological polar surface area (TPSA) is 67.8 Å². The molecule has 5 nitrogen and oxygen atoms in total. The summed E-state index contributed by atoms with van der Waals surface area (Å²) in [5.41, 5.74) is 4.73. The second-order valence-corrected chi connectivity index (χ2v) is 15.0. The summed E-state index contributed by atoms with van der Waals surface area (Å²) in [7, 11) is -2.04. The van der Waals surface area contributed by atoms with Crippen molar-refractivity contribution in [1.82, 2.24) is 5.32 Å². The number of fused-ring (bicyclic) bond motifs is 3. The number of aliphatic hydroxyl groups excluding tert-OH is 1. The summed E-state index contributed by atoms with van der Waals surface area (Å²) in [6, 6.07) is 16.0. The fraction of sp³-hybridized carbons (Fsp3) is 0.423. The summed E-state index contributed by atoms with van der Waals surface area (Å²) in [6.45, 7) is 11.0. The van der Waals surface area contributed by atoms with Gasteiger partial charge in [-0.3, -0.25) is 0 Å². The number of rotatable bonds is 5. The van der Waals surface area contributed by atoms with Gasteiger partial charge < -0.3 is 19.6 Å². The molecule has 2 aromatic carbocycles. The zero-order valence-electron chi connectivity index (χ0n) is 19.5.